The van der Waals surface area contributed by atoms with Crippen molar-refractivity contribution in [2.75, 3.05) is 44.3 Å². The van der Waals surface area contributed by atoms with Gasteiger partial charge in [0.2, 0.25) is 0 Å². The topological polar surface area (TPSA) is 102 Å². The van der Waals surface area contributed by atoms with Gasteiger partial charge in [-0.2, -0.15) is 0 Å². The van der Waals surface area contributed by atoms with Crippen LogP contribution in [0.5, 0.6) is 5.75 Å². The van der Waals surface area contributed by atoms with Gasteiger partial charge in [-0.15, -0.1) is 0 Å². The highest BCUT2D eigenvalue weighted by atomic mass is 16.6. The molecule has 1 aliphatic heterocycles. The van der Waals surface area contributed by atoms with Crippen LogP contribution in [-0.2, 0) is 14.3 Å². The van der Waals surface area contributed by atoms with Crippen molar-refractivity contribution in [1.82, 2.24) is 4.90 Å². The molecule has 9 nitrogen and oxygen atoms in total. The summed E-state index contributed by atoms with van der Waals surface area (Å²) in [5.41, 5.74) is 2.76. The predicted octanol–water partition coefficient (Wildman–Crippen LogP) is 2.48. The minimum Gasteiger partial charge on any atom is -0.481 e. The Morgan fingerprint density at radius 2 is 1.58 bits per heavy atom. The Kier molecular flexibility index (Phi) is 7.07. The number of hydrogen-bond donors (Lipinski definition) is 0. The van der Waals surface area contributed by atoms with Gasteiger partial charge < -0.3 is 19.3 Å². The molecule has 0 N–H and O–H groups in total. The van der Waals surface area contributed by atoms with E-state index in [0.717, 1.165) is 16.8 Å². The zero-order valence-corrected chi connectivity index (χ0v) is 17.6. The number of nitro groups is 1. The van der Waals surface area contributed by atoms with Crippen LogP contribution in [0.1, 0.15) is 11.1 Å². The molecule has 1 fully saturated rings. The minimum atomic E-state index is -0.597. The van der Waals surface area contributed by atoms with Crippen LogP contribution in [0.4, 0.5) is 11.4 Å². The summed E-state index contributed by atoms with van der Waals surface area (Å²) in [7, 11) is 0. The molecule has 1 amide bonds. The first kappa shape index (κ1) is 22.1. The van der Waals surface area contributed by atoms with Crippen LogP contribution in [0, 0.1) is 24.0 Å². The first-order valence-electron chi connectivity index (χ1n) is 9.97. The number of para-hydroxylation sites is 1. The average molecular weight is 427 g/mol. The van der Waals surface area contributed by atoms with Gasteiger partial charge in [-0.05, 0) is 37.1 Å². The molecule has 0 radical (unpaired) electrons. The number of carbonyl (C=O) groups is 2. The van der Waals surface area contributed by atoms with Crippen LogP contribution in [0.25, 0.3) is 0 Å². The van der Waals surface area contributed by atoms with Crippen molar-refractivity contribution in [3.8, 4) is 5.75 Å². The Balaban J connectivity index is 1.41. The van der Waals surface area contributed by atoms with Crippen molar-refractivity contribution in [3.05, 3.63) is 63.7 Å². The van der Waals surface area contributed by atoms with E-state index in [1.807, 2.05) is 32.0 Å². The molecule has 0 aromatic heterocycles. The van der Waals surface area contributed by atoms with Gasteiger partial charge in [0, 0.05) is 44.0 Å². The van der Waals surface area contributed by atoms with Crippen LogP contribution in [0.3, 0.4) is 0 Å². The molecule has 2 aromatic carbocycles. The van der Waals surface area contributed by atoms with E-state index in [9.17, 15) is 19.7 Å². The van der Waals surface area contributed by atoms with Gasteiger partial charge in [-0.25, -0.2) is 4.79 Å². The van der Waals surface area contributed by atoms with E-state index < -0.39 is 10.9 Å². The zero-order chi connectivity index (χ0) is 22.4. The second-order valence-corrected chi connectivity index (χ2v) is 7.31. The molecule has 0 bridgehead atoms. The third-order valence-electron chi connectivity index (χ3n) is 5.16. The number of piperazine rings is 1. The van der Waals surface area contributed by atoms with Crippen molar-refractivity contribution in [2.45, 2.75) is 13.8 Å². The maximum atomic E-state index is 12.4. The van der Waals surface area contributed by atoms with E-state index in [2.05, 4.69) is 4.90 Å². The molecule has 0 atom stereocenters. The molecule has 3 rings (SSSR count). The van der Waals surface area contributed by atoms with Gasteiger partial charge in [0.05, 0.1) is 4.92 Å². The maximum absolute atomic E-state index is 12.4. The highest BCUT2D eigenvalue weighted by Crippen LogP contribution is 2.22. The molecular weight excluding hydrogens is 402 g/mol. The van der Waals surface area contributed by atoms with E-state index >= 15 is 0 Å². The normalized spacial score (nSPS) is 13.6. The number of nitro benzene ring substituents is 1. The molecule has 0 spiro atoms. The third-order valence-corrected chi connectivity index (χ3v) is 5.16. The average Bonchev–Trinajstić information content (AvgIpc) is 2.77. The van der Waals surface area contributed by atoms with Gasteiger partial charge >= 0.3 is 5.97 Å². The highest BCUT2D eigenvalue weighted by Gasteiger charge is 2.22. The standard InChI is InChI=1S/C22H25N3O6/c1-16-4-3-5-17(2)22(16)31-15-21(27)30-14-20(26)24-12-10-23(11-13-24)18-6-8-19(9-7-18)25(28)29/h3-9H,10-15H2,1-2H3. The van der Waals surface area contributed by atoms with Crippen molar-refractivity contribution >= 4 is 23.3 Å². The van der Waals surface area contributed by atoms with Crippen LogP contribution < -0.4 is 9.64 Å². The summed E-state index contributed by atoms with van der Waals surface area (Å²) in [6.07, 6.45) is 0. The molecule has 31 heavy (non-hydrogen) atoms. The lowest BCUT2D eigenvalue weighted by atomic mass is 10.1. The van der Waals surface area contributed by atoms with Gasteiger partial charge in [-0.3, -0.25) is 14.9 Å². The lowest BCUT2D eigenvalue weighted by molar-refractivity contribution is -0.384. The van der Waals surface area contributed by atoms with Gasteiger partial charge in [-0.1, -0.05) is 18.2 Å². The van der Waals surface area contributed by atoms with E-state index in [1.165, 1.54) is 12.1 Å². The van der Waals surface area contributed by atoms with Crippen LogP contribution >= 0.6 is 0 Å². The van der Waals surface area contributed by atoms with Gasteiger partial charge in [0.1, 0.15) is 5.75 Å². The first-order chi connectivity index (χ1) is 14.8. The maximum Gasteiger partial charge on any atom is 0.344 e. The Bertz CT molecular complexity index is 932. The van der Waals surface area contributed by atoms with Crippen molar-refractivity contribution in [1.29, 1.82) is 0 Å². The van der Waals surface area contributed by atoms with E-state index in [0.29, 0.717) is 31.9 Å². The number of hydrogen-bond acceptors (Lipinski definition) is 7. The number of carbonyl (C=O) groups excluding carboxylic acids is 2. The molecule has 0 aliphatic carbocycles. The number of anilines is 1. The summed E-state index contributed by atoms with van der Waals surface area (Å²) >= 11 is 0. The van der Waals surface area contributed by atoms with Crippen LogP contribution in [0.2, 0.25) is 0 Å². The minimum absolute atomic E-state index is 0.0425. The molecule has 1 heterocycles. The smallest absolute Gasteiger partial charge is 0.344 e. The molecular formula is C22H25N3O6. The summed E-state index contributed by atoms with van der Waals surface area (Å²) < 4.78 is 10.6. The Hall–Kier alpha value is -3.62. The summed E-state index contributed by atoms with van der Waals surface area (Å²) in [4.78, 5) is 38.3. The highest BCUT2D eigenvalue weighted by molar-refractivity contribution is 5.81. The number of non-ortho nitro benzene ring substituents is 1. The second-order valence-electron chi connectivity index (χ2n) is 7.31. The molecule has 0 saturated carbocycles. The molecule has 9 heteroatoms. The van der Waals surface area contributed by atoms with E-state index in [-0.39, 0.29) is 24.8 Å². The fourth-order valence-electron chi connectivity index (χ4n) is 3.43. The quantitative estimate of drug-likeness (QED) is 0.380. The Labute approximate surface area is 180 Å². The number of aryl methyl sites for hydroxylation is 2. The monoisotopic (exact) mass is 427 g/mol. The third kappa shape index (κ3) is 5.71. The molecule has 2 aromatic rings. The summed E-state index contributed by atoms with van der Waals surface area (Å²) in [6, 6.07) is 12.0. The van der Waals surface area contributed by atoms with Crippen molar-refractivity contribution in [3.63, 3.8) is 0 Å². The first-order valence-corrected chi connectivity index (χ1v) is 9.97. The lowest BCUT2D eigenvalue weighted by Crippen LogP contribution is -2.50. The van der Waals surface area contributed by atoms with Crippen molar-refractivity contribution < 1.29 is 24.0 Å². The Morgan fingerprint density at radius 1 is 0.968 bits per heavy atom. The fraction of sp³-hybridized carbons (Fsp3) is 0.364. The van der Waals surface area contributed by atoms with Crippen molar-refractivity contribution in [2.24, 2.45) is 0 Å². The summed E-state index contributed by atoms with van der Waals surface area (Å²) in [5.74, 6) is -0.211. The number of benzene rings is 2. The van der Waals surface area contributed by atoms with Crippen LogP contribution in [-0.4, -0.2) is 61.1 Å². The SMILES string of the molecule is Cc1cccc(C)c1OCC(=O)OCC(=O)N1CCN(c2ccc([N+](=O)[O-])cc2)CC1. The molecule has 1 aliphatic rings. The number of esters is 1. The van der Waals surface area contributed by atoms with Gasteiger partial charge in [0.15, 0.2) is 13.2 Å². The lowest BCUT2D eigenvalue weighted by Gasteiger charge is -2.36. The second kappa shape index (κ2) is 9.92. The molecule has 164 valence electrons. The number of rotatable bonds is 7. The fourth-order valence-corrected chi connectivity index (χ4v) is 3.43. The number of amides is 1. The van der Waals surface area contributed by atoms with E-state index in [4.69, 9.17) is 9.47 Å². The largest absolute Gasteiger partial charge is 0.481 e. The number of ether oxygens (including phenoxy) is 2. The van der Waals surface area contributed by atoms with Gasteiger partial charge in [0.25, 0.3) is 11.6 Å². The predicted molar refractivity (Wildman–Crippen MR) is 114 cm³/mol. The summed E-state index contributed by atoms with van der Waals surface area (Å²) in [6.45, 7) is 5.35. The molecule has 1 saturated heterocycles. The van der Waals surface area contributed by atoms with E-state index in [1.54, 1.807) is 17.0 Å². The zero-order valence-electron chi connectivity index (χ0n) is 17.6. The summed E-state index contributed by atoms with van der Waals surface area (Å²) in [5, 5.41) is 10.8. The Morgan fingerprint density at radius 3 is 2.16 bits per heavy atom. The molecule has 0 unspecified atom stereocenters. The van der Waals surface area contributed by atoms with Crippen LogP contribution in [0.15, 0.2) is 42.5 Å². The number of nitrogens with zero attached hydrogens (tertiary/aromatic N) is 3.